The Morgan fingerprint density at radius 2 is 1.76 bits per heavy atom. The van der Waals surface area contributed by atoms with Crippen LogP contribution in [0.3, 0.4) is 0 Å². The van der Waals surface area contributed by atoms with E-state index in [1.165, 1.54) is 20.5 Å². The van der Waals surface area contributed by atoms with Crippen molar-refractivity contribution in [2.75, 3.05) is 6.26 Å². The Morgan fingerprint density at radius 1 is 1.00 bits per heavy atom. The highest BCUT2D eigenvalue weighted by atomic mass is 32.2. The number of hydrogen-bond acceptors (Lipinski definition) is 3. The Labute approximate surface area is 109 Å². The Morgan fingerprint density at radius 3 is 2.65 bits per heavy atom. The van der Waals surface area contributed by atoms with Crippen molar-refractivity contribution in [1.29, 1.82) is 0 Å². The van der Waals surface area contributed by atoms with Crippen molar-refractivity contribution in [2.24, 2.45) is 0 Å². The molecule has 0 spiro atoms. The van der Waals surface area contributed by atoms with Gasteiger partial charge in [0.1, 0.15) is 0 Å². The van der Waals surface area contributed by atoms with Gasteiger partial charge < -0.3 is 0 Å². The lowest BCUT2D eigenvalue weighted by atomic mass is 10.1. The molecule has 3 rings (SSSR count). The van der Waals surface area contributed by atoms with Gasteiger partial charge in [-0.05, 0) is 29.9 Å². The van der Waals surface area contributed by atoms with Gasteiger partial charge in [-0.2, -0.15) is 4.37 Å². The summed E-state index contributed by atoms with van der Waals surface area (Å²) in [6.45, 7) is 0. The molecule has 0 atom stereocenters. The molecule has 0 N–H and O–H groups in total. The summed E-state index contributed by atoms with van der Waals surface area (Å²) in [6.07, 6.45) is 2.10. The zero-order valence-corrected chi connectivity index (χ0v) is 11.0. The number of hydrogen-bond donors (Lipinski definition) is 0. The minimum Gasteiger partial charge on any atom is -0.191 e. The van der Waals surface area contributed by atoms with Gasteiger partial charge in [0.2, 0.25) is 0 Å². The third-order valence-electron chi connectivity index (χ3n) is 2.74. The predicted molar refractivity (Wildman–Crippen MR) is 76.8 cm³/mol. The fourth-order valence-corrected chi connectivity index (χ4v) is 3.31. The molecule has 3 heteroatoms. The summed E-state index contributed by atoms with van der Waals surface area (Å²) in [5.41, 5.74) is 2.34. The number of fused-ring (bicyclic) bond motifs is 1. The molecule has 0 radical (unpaired) electrons. The van der Waals surface area contributed by atoms with E-state index in [0.29, 0.717) is 0 Å². The van der Waals surface area contributed by atoms with Crippen LogP contribution in [0.25, 0.3) is 21.3 Å². The number of nitrogens with zero attached hydrogens (tertiary/aromatic N) is 1. The van der Waals surface area contributed by atoms with Crippen LogP contribution in [0.4, 0.5) is 0 Å². The Balaban J connectivity index is 2.27. The zero-order valence-electron chi connectivity index (χ0n) is 9.38. The first-order valence-electron chi connectivity index (χ1n) is 5.38. The van der Waals surface area contributed by atoms with Crippen LogP contribution in [0.1, 0.15) is 0 Å². The van der Waals surface area contributed by atoms with Crippen molar-refractivity contribution in [2.45, 2.75) is 4.90 Å². The first-order valence-corrected chi connectivity index (χ1v) is 7.38. The molecule has 0 saturated carbocycles. The summed E-state index contributed by atoms with van der Waals surface area (Å²) in [5.74, 6) is 0. The van der Waals surface area contributed by atoms with Gasteiger partial charge in [-0.3, -0.25) is 0 Å². The standard InChI is InChI=1S/C14H11NS2/c1-16-12-8-4-2-6-10(12)14-11-7-3-5-9-13(11)17-15-14/h2-9H,1H3. The average molecular weight is 257 g/mol. The quantitative estimate of drug-likeness (QED) is 0.618. The van der Waals surface area contributed by atoms with E-state index in [1.54, 1.807) is 23.3 Å². The van der Waals surface area contributed by atoms with Gasteiger partial charge in [0.05, 0.1) is 10.4 Å². The van der Waals surface area contributed by atoms with Gasteiger partial charge in [0, 0.05) is 15.8 Å². The maximum atomic E-state index is 4.60. The molecule has 1 heterocycles. The van der Waals surface area contributed by atoms with E-state index >= 15 is 0 Å². The van der Waals surface area contributed by atoms with Crippen molar-refractivity contribution < 1.29 is 0 Å². The van der Waals surface area contributed by atoms with E-state index in [2.05, 4.69) is 59.2 Å². The SMILES string of the molecule is CSc1ccccc1-c1nsc2ccccc12. The Kier molecular flexibility index (Phi) is 2.87. The van der Waals surface area contributed by atoms with Crippen LogP contribution >= 0.6 is 23.3 Å². The van der Waals surface area contributed by atoms with Crippen molar-refractivity contribution in [3.63, 3.8) is 0 Å². The van der Waals surface area contributed by atoms with Crippen LogP contribution in [0, 0.1) is 0 Å². The van der Waals surface area contributed by atoms with Gasteiger partial charge in [0.25, 0.3) is 0 Å². The van der Waals surface area contributed by atoms with Gasteiger partial charge in [-0.25, -0.2) is 0 Å². The second-order valence-electron chi connectivity index (χ2n) is 3.73. The minimum absolute atomic E-state index is 1.11. The van der Waals surface area contributed by atoms with Crippen molar-refractivity contribution in [3.05, 3.63) is 48.5 Å². The Hall–Kier alpha value is -1.32. The van der Waals surface area contributed by atoms with Crippen LogP contribution in [0.5, 0.6) is 0 Å². The molecule has 0 saturated heterocycles. The molecule has 0 bridgehead atoms. The third-order valence-corrected chi connectivity index (χ3v) is 4.36. The van der Waals surface area contributed by atoms with Gasteiger partial charge in [0.15, 0.2) is 0 Å². The van der Waals surface area contributed by atoms with E-state index in [1.807, 2.05) is 0 Å². The molecular formula is C14H11NS2. The molecule has 2 aromatic carbocycles. The topological polar surface area (TPSA) is 12.9 Å². The smallest absolute Gasteiger partial charge is 0.0930 e. The highest BCUT2D eigenvalue weighted by Gasteiger charge is 2.10. The first-order chi connectivity index (χ1) is 8.40. The molecule has 84 valence electrons. The van der Waals surface area contributed by atoms with Crippen LogP contribution in [0.15, 0.2) is 53.4 Å². The van der Waals surface area contributed by atoms with Gasteiger partial charge in [-0.15, -0.1) is 11.8 Å². The van der Waals surface area contributed by atoms with E-state index in [9.17, 15) is 0 Å². The van der Waals surface area contributed by atoms with Crippen molar-refractivity contribution in [1.82, 2.24) is 4.37 Å². The summed E-state index contributed by atoms with van der Waals surface area (Å²) in [4.78, 5) is 1.28. The maximum Gasteiger partial charge on any atom is 0.0930 e. The lowest BCUT2D eigenvalue weighted by Gasteiger charge is -2.04. The average Bonchev–Trinajstić information content (AvgIpc) is 2.82. The third kappa shape index (κ3) is 1.85. The minimum atomic E-state index is 1.11. The molecule has 1 nitrogen and oxygen atoms in total. The van der Waals surface area contributed by atoms with Crippen LogP contribution in [0.2, 0.25) is 0 Å². The fourth-order valence-electron chi connectivity index (χ4n) is 1.92. The molecule has 0 amide bonds. The normalized spacial score (nSPS) is 10.9. The number of rotatable bonds is 2. The molecule has 3 aromatic rings. The zero-order chi connectivity index (χ0) is 11.7. The number of thioether (sulfide) groups is 1. The van der Waals surface area contributed by atoms with Gasteiger partial charge in [-0.1, -0.05) is 36.4 Å². The Bertz CT molecular complexity index is 658. The summed E-state index contributed by atoms with van der Waals surface area (Å²) in [5, 5.41) is 1.25. The molecular weight excluding hydrogens is 246 g/mol. The number of aromatic nitrogens is 1. The molecule has 0 aliphatic heterocycles. The van der Waals surface area contributed by atoms with E-state index < -0.39 is 0 Å². The molecule has 0 fully saturated rings. The molecule has 1 aromatic heterocycles. The van der Waals surface area contributed by atoms with Gasteiger partial charge >= 0.3 is 0 Å². The summed E-state index contributed by atoms with van der Waals surface area (Å²) < 4.78 is 5.85. The van der Waals surface area contributed by atoms with E-state index in [-0.39, 0.29) is 0 Å². The lowest BCUT2D eigenvalue weighted by Crippen LogP contribution is -1.81. The van der Waals surface area contributed by atoms with E-state index in [4.69, 9.17) is 0 Å². The number of benzene rings is 2. The molecule has 0 aliphatic carbocycles. The van der Waals surface area contributed by atoms with Crippen molar-refractivity contribution >= 4 is 33.4 Å². The van der Waals surface area contributed by atoms with Crippen LogP contribution in [-0.2, 0) is 0 Å². The van der Waals surface area contributed by atoms with Crippen LogP contribution < -0.4 is 0 Å². The lowest BCUT2D eigenvalue weighted by molar-refractivity contribution is 1.42. The summed E-state index contributed by atoms with van der Waals surface area (Å²) in [6, 6.07) is 16.8. The maximum absolute atomic E-state index is 4.60. The molecule has 0 unspecified atom stereocenters. The largest absolute Gasteiger partial charge is 0.191 e. The fraction of sp³-hybridized carbons (Fsp3) is 0.0714. The monoisotopic (exact) mass is 257 g/mol. The van der Waals surface area contributed by atoms with Crippen molar-refractivity contribution in [3.8, 4) is 11.3 Å². The van der Waals surface area contributed by atoms with Crippen LogP contribution in [-0.4, -0.2) is 10.6 Å². The second-order valence-corrected chi connectivity index (χ2v) is 5.38. The highest BCUT2D eigenvalue weighted by molar-refractivity contribution is 7.98. The summed E-state index contributed by atoms with van der Waals surface area (Å²) in [7, 11) is 0. The second kappa shape index (κ2) is 4.51. The predicted octanol–water partition coefficient (Wildman–Crippen LogP) is 4.69. The molecule has 0 aliphatic rings. The first kappa shape index (κ1) is 10.8. The summed E-state index contributed by atoms with van der Waals surface area (Å²) >= 11 is 3.34. The van der Waals surface area contributed by atoms with E-state index in [0.717, 1.165) is 5.69 Å². The highest BCUT2D eigenvalue weighted by Crippen LogP contribution is 2.35. The molecule has 17 heavy (non-hydrogen) atoms.